The highest BCUT2D eigenvalue weighted by atomic mass is 35.5. The number of halogens is 1. The zero-order valence-corrected chi connectivity index (χ0v) is 15.7. The van der Waals surface area contributed by atoms with Gasteiger partial charge in [0.25, 0.3) is 0 Å². The van der Waals surface area contributed by atoms with Gasteiger partial charge in [-0.15, -0.1) is 0 Å². The Morgan fingerprint density at radius 3 is 2.65 bits per heavy atom. The quantitative estimate of drug-likeness (QED) is 0.872. The molecular formula is C19H23ClN4O2. The first kappa shape index (κ1) is 18.5. The summed E-state index contributed by atoms with van der Waals surface area (Å²) in [6.07, 6.45) is 1.80. The van der Waals surface area contributed by atoms with Gasteiger partial charge in [-0.1, -0.05) is 17.7 Å². The maximum atomic E-state index is 12.7. The van der Waals surface area contributed by atoms with Crippen LogP contribution in [0.25, 0.3) is 0 Å². The van der Waals surface area contributed by atoms with Gasteiger partial charge in [-0.2, -0.15) is 0 Å². The number of methoxy groups -OCH3 is 1. The van der Waals surface area contributed by atoms with Gasteiger partial charge < -0.3 is 15.0 Å². The highest BCUT2D eigenvalue weighted by molar-refractivity contribution is 6.31. The molecule has 6 nitrogen and oxygen atoms in total. The summed E-state index contributed by atoms with van der Waals surface area (Å²) in [5.41, 5.74) is 0.587. The first-order valence-corrected chi connectivity index (χ1v) is 9.00. The normalized spacial score (nSPS) is 16.2. The van der Waals surface area contributed by atoms with Crippen molar-refractivity contribution in [2.24, 2.45) is 0 Å². The van der Waals surface area contributed by atoms with Crippen LogP contribution in [0.15, 0.2) is 42.6 Å². The summed E-state index contributed by atoms with van der Waals surface area (Å²) in [4.78, 5) is 21.5. The summed E-state index contributed by atoms with van der Waals surface area (Å²) in [7, 11) is 1.57. The molecule has 0 aliphatic carbocycles. The van der Waals surface area contributed by atoms with E-state index in [1.807, 2.05) is 25.1 Å². The van der Waals surface area contributed by atoms with E-state index < -0.39 is 0 Å². The lowest BCUT2D eigenvalue weighted by Gasteiger charge is -2.38. The lowest BCUT2D eigenvalue weighted by molar-refractivity contribution is -0.120. The van der Waals surface area contributed by atoms with Gasteiger partial charge in [-0.3, -0.25) is 9.69 Å². The number of hydrogen-bond acceptors (Lipinski definition) is 5. The van der Waals surface area contributed by atoms with Crippen molar-refractivity contribution in [3.63, 3.8) is 0 Å². The molecule has 1 amide bonds. The summed E-state index contributed by atoms with van der Waals surface area (Å²) >= 11 is 6.03. The van der Waals surface area contributed by atoms with Crippen molar-refractivity contribution >= 4 is 29.0 Å². The van der Waals surface area contributed by atoms with Crippen molar-refractivity contribution in [2.45, 2.75) is 13.0 Å². The Balaban J connectivity index is 1.59. The van der Waals surface area contributed by atoms with E-state index in [9.17, 15) is 4.79 Å². The zero-order valence-electron chi connectivity index (χ0n) is 15.0. The van der Waals surface area contributed by atoms with Crippen molar-refractivity contribution in [1.82, 2.24) is 9.88 Å². The fourth-order valence-electron chi connectivity index (χ4n) is 3.06. The molecule has 0 unspecified atom stereocenters. The Kier molecular flexibility index (Phi) is 5.96. The van der Waals surface area contributed by atoms with Gasteiger partial charge in [0.05, 0.1) is 18.8 Å². The molecule has 1 aliphatic rings. The number of carbonyl (C=O) groups is 1. The Hall–Kier alpha value is -2.31. The van der Waals surface area contributed by atoms with Gasteiger partial charge in [0, 0.05) is 37.4 Å². The second-order valence-electron chi connectivity index (χ2n) is 6.22. The van der Waals surface area contributed by atoms with Crippen LogP contribution < -0.4 is 15.0 Å². The van der Waals surface area contributed by atoms with Crippen molar-refractivity contribution in [1.29, 1.82) is 0 Å². The lowest BCUT2D eigenvalue weighted by atomic mass is 10.2. The average Bonchev–Trinajstić information content (AvgIpc) is 2.68. The topological polar surface area (TPSA) is 57.7 Å². The molecular weight excluding hydrogens is 352 g/mol. The van der Waals surface area contributed by atoms with E-state index in [-0.39, 0.29) is 11.9 Å². The van der Waals surface area contributed by atoms with E-state index in [0.29, 0.717) is 16.5 Å². The van der Waals surface area contributed by atoms with E-state index in [1.54, 1.807) is 31.5 Å². The minimum atomic E-state index is -0.246. The van der Waals surface area contributed by atoms with Crippen LogP contribution in [-0.4, -0.2) is 55.1 Å². The summed E-state index contributed by atoms with van der Waals surface area (Å²) in [6, 6.07) is 10.8. The monoisotopic (exact) mass is 374 g/mol. The third kappa shape index (κ3) is 4.26. The number of nitrogens with zero attached hydrogens (tertiary/aromatic N) is 3. The van der Waals surface area contributed by atoms with Crippen molar-refractivity contribution in [3.05, 3.63) is 47.6 Å². The second-order valence-corrected chi connectivity index (χ2v) is 6.66. The summed E-state index contributed by atoms with van der Waals surface area (Å²) in [5.74, 6) is 1.50. The minimum absolute atomic E-state index is 0.0724. The van der Waals surface area contributed by atoms with Gasteiger partial charge in [-0.25, -0.2) is 4.98 Å². The molecule has 1 aliphatic heterocycles. The molecule has 2 aromatic rings. The number of rotatable bonds is 5. The lowest BCUT2D eigenvalue weighted by Crippen LogP contribution is -2.53. The molecule has 138 valence electrons. The summed E-state index contributed by atoms with van der Waals surface area (Å²) < 4.78 is 5.29. The molecule has 7 heteroatoms. The molecule has 0 radical (unpaired) electrons. The SMILES string of the molecule is COc1ccc(Cl)cc1NC(=O)[C@H](C)N1CCN(c2ccccn2)CC1. The molecule has 1 atom stereocenters. The fraction of sp³-hybridized carbons (Fsp3) is 0.368. The molecule has 2 heterocycles. The first-order valence-electron chi connectivity index (χ1n) is 8.63. The standard InChI is InChI=1S/C19H23ClN4O2/c1-14(19(25)22-16-13-15(20)6-7-17(16)26-2)23-9-11-24(12-10-23)18-5-3-4-8-21-18/h3-8,13-14H,9-12H2,1-2H3,(H,22,25)/t14-/m0/s1. The Morgan fingerprint density at radius 1 is 1.23 bits per heavy atom. The fourth-order valence-corrected chi connectivity index (χ4v) is 3.23. The van der Waals surface area contributed by atoms with Crippen LogP contribution in [0, 0.1) is 0 Å². The molecule has 26 heavy (non-hydrogen) atoms. The van der Waals surface area contributed by atoms with Crippen LogP contribution in [-0.2, 0) is 4.79 Å². The Morgan fingerprint density at radius 2 is 2.00 bits per heavy atom. The predicted molar refractivity (Wildman–Crippen MR) is 104 cm³/mol. The molecule has 0 saturated carbocycles. The van der Waals surface area contributed by atoms with Gasteiger partial charge in [0.15, 0.2) is 0 Å². The molecule has 1 N–H and O–H groups in total. The number of amides is 1. The molecule has 1 saturated heterocycles. The maximum absolute atomic E-state index is 12.7. The van der Waals surface area contributed by atoms with E-state index in [0.717, 1.165) is 32.0 Å². The second kappa shape index (κ2) is 8.38. The molecule has 3 rings (SSSR count). The third-order valence-corrected chi connectivity index (χ3v) is 4.87. The van der Waals surface area contributed by atoms with Gasteiger partial charge in [0.2, 0.25) is 5.91 Å². The van der Waals surface area contributed by atoms with Crippen LogP contribution in [0.1, 0.15) is 6.92 Å². The number of ether oxygens (including phenoxy) is 1. The molecule has 1 aromatic heterocycles. The largest absolute Gasteiger partial charge is 0.495 e. The van der Waals surface area contributed by atoms with Crippen molar-refractivity contribution in [3.8, 4) is 5.75 Å². The number of piperazine rings is 1. The zero-order chi connectivity index (χ0) is 18.5. The van der Waals surface area contributed by atoms with Crippen LogP contribution in [0.2, 0.25) is 5.02 Å². The minimum Gasteiger partial charge on any atom is -0.495 e. The van der Waals surface area contributed by atoms with Crippen molar-refractivity contribution < 1.29 is 9.53 Å². The van der Waals surface area contributed by atoms with Crippen LogP contribution in [0.5, 0.6) is 5.75 Å². The smallest absolute Gasteiger partial charge is 0.241 e. The first-order chi connectivity index (χ1) is 12.6. The number of carbonyl (C=O) groups excluding carboxylic acids is 1. The molecule has 1 aromatic carbocycles. The van der Waals surface area contributed by atoms with Gasteiger partial charge in [-0.05, 0) is 37.3 Å². The van der Waals surface area contributed by atoms with Gasteiger partial charge in [0.1, 0.15) is 11.6 Å². The summed E-state index contributed by atoms with van der Waals surface area (Å²) in [6.45, 7) is 5.21. The van der Waals surface area contributed by atoms with Gasteiger partial charge >= 0.3 is 0 Å². The Labute approximate surface area is 158 Å². The van der Waals surface area contributed by atoms with E-state index in [1.165, 1.54) is 0 Å². The number of pyridine rings is 1. The molecule has 0 spiro atoms. The summed E-state index contributed by atoms with van der Waals surface area (Å²) in [5, 5.41) is 3.48. The molecule has 1 fully saturated rings. The van der Waals surface area contributed by atoms with Crippen LogP contribution in [0.4, 0.5) is 11.5 Å². The maximum Gasteiger partial charge on any atom is 0.241 e. The number of nitrogens with one attached hydrogen (secondary N) is 1. The van der Waals surface area contributed by atoms with Crippen LogP contribution >= 0.6 is 11.6 Å². The highest BCUT2D eigenvalue weighted by Crippen LogP contribution is 2.28. The van der Waals surface area contributed by atoms with E-state index in [4.69, 9.17) is 16.3 Å². The van der Waals surface area contributed by atoms with E-state index in [2.05, 4.69) is 20.1 Å². The van der Waals surface area contributed by atoms with E-state index >= 15 is 0 Å². The number of anilines is 2. The molecule has 0 bridgehead atoms. The third-order valence-electron chi connectivity index (χ3n) is 4.63. The highest BCUT2D eigenvalue weighted by Gasteiger charge is 2.26. The number of hydrogen-bond donors (Lipinski definition) is 1. The number of aromatic nitrogens is 1. The predicted octanol–water partition coefficient (Wildman–Crippen LogP) is 2.89. The Bertz CT molecular complexity index is 748. The van der Waals surface area contributed by atoms with Crippen LogP contribution in [0.3, 0.4) is 0 Å². The number of benzene rings is 1. The average molecular weight is 375 g/mol. The van der Waals surface area contributed by atoms with Crippen molar-refractivity contribution in [2.75, 3.05) is 43.5 Å².